The smallest absolute Gasteiger partial charge is 0.329 e. The second kappa shape index (κ2) is 5.20. The third-order valence-electron chi connectivity index (χ3n) is 3.50. The van der Waals surface area contributed by atoms with Crippen molar-refractivity contribution in [1.82, 2.24) is 10.2 Å². The molecule has 2 rings (SSSR count). The highest BCUT2D eigenvalue weighted by Gasteiger charge is 2.28. The van der Waals surface area contributed by atoms with Gasteiger partial charge in [-0.25, -0.2) is 4.79 Å². The van der Waals surface area contributed by atoms with Gasteiger partial charge in [0.15, 0.2) is 0 Å². The predicted octanol–water partition coefficient (Wildman–Crippen LogP) is 1.83. The average Bonchev–Trinajstić information content (AvgIpc) is 2.36. The number of nitrogens with two attached hydrogens (primary N) is 1. The fourth-order valence-corrected chi connectivity index (χ4v) is 2.17. The van der Waals surface area contributed by atoms with Crippen molar-refractivity contribution in [2.75, 3.05) is 12.3 Å². The van der Waals surface area contributed by atoms with Crippen LogP contribution in [0, 0.1) is 5.41 Å². The number of hydrogen-bond acceptors (Lipinski definition) is 4. The number of imide groups is 1. The van der Waals surface area contributed by atoms with Crippen molar-refractivity contribution in [2.24, 2.45) is 0 Å². The minimum absolute atomic E-state index is 0.0120. The predicted molar refractivity (Wildman–Crippen MR) is 81.2 cm³/mol. The van der Waals surface area contributed by atoms with E-state index in [0.29, 0.717) is 11.3 Å². The van der Waals surface area contributed by atoms with Crippen LogP contribution in [-0.2, 0) is 10.2 Å². The number of rotatable bonds is 1. The van der Waals surface area contributed by atoms with E-state index in [2.05, 4.69) is 26.1 Å². The van der Waals surface area contributed by atoms with E-state index in [9.17, 15) is 9.59 Å². The second-order valence-electron chi connectivity index (χ2n) is 6.16. The van der Waals surface area contributed by atoms with Gasteiger partial charge >= 0.3 is 6.03 Å². The quantitative estimate of drug-likeness (QED) is 0.417. The summed E-state index contributed by atoms with van der Waals surface area (Å²) in [6.45, 7) is 6.44. The molecule has 0 atom stereocenters. The van der Waals surface area contributed by atoms with Crippen LogP contribution >= 0.6 is 0 Å². The Morgan fingerprint density at radius 2 is 2.00 bits per heavy atom. The monoisotopic (exact) mass is 288 g/mol. The van der Waals surface area contributed by atoms with E-state index in [4.69, 9.17) is 11.1 Å². The zero-order chi connectivity index (χ0) is 15.8. The first-order valence-corrected chi connectivity index (χ1v) is 6.80. The van der Waals surface area contributed by atoms with Crippen LogP contribution < -0.4 is 11.1 Å². The molecular weight excluding hydrogens is 268 g/mol. The first-order valence-electron chi connectivity index (χ1n) is 6.80. The minimum atomic E-state index is -0.574. The molecule has 1 heterocycles. The summed E-state index contributed by atoms with van der Waals surface area (Å²) >= 11 is 0. The number of nitrogen functional groups attached to an aromatic ring is 1. The summed E-state index contributed by atoms with van der Waals surface area (Å²) in [4.78, 5) is 24.1. The highest BCUT2D eigenvalue weighted by molar-refractivity contribution is 6.12. The number of benzene rings is 1. The number of carbonyl (C=O) groups excluding carboxylic acids is 2. The summed E-state index contributed by atoms with van der Waals surface area (Å²) < 4.78 is 0. The zero-order valence-electron chi connectivity index (χ0n) is 12.5. The molecule has 0 spiro atoms. The number of amides is 3. The van der Waals surface area contributed by atoms with Crippen molar-refractivity contribution in [1.29, 1.82) is 5.41 Å². The Balaban J connectivity index is 2.28. The van der Waals surface area contributed by atoms with Crippen LogP contribution in [0.1, 0.15) is 38.3 Å². The summed E-state index contributed by atoms with van der Waals surface area (Å²) in [5.74, 6) is -0.307. The van der Waals surface area contributed by atoms with Gasteiger partial charge in [-0.1, -0.05) is 26.8 Å². The van der Waals surface area contributed by atoms with Gasteiger partial charge in [0.2, 0.25) is 5.91 Å². The van der Waals surface area contributed by atoms with Crippen LogP contribution in [0.2, 0.25) is 0 Å². The third-order valence-corrected chi connectivity index (χ3v) is 3.50. The number of anilines is 1. The van der Waals surface area contributed by atoms with Crippen molar-refractivity contribution in [2.45, 2.75) is 32.6 Å². The van der Waals surface area contributed by atoms with Crippen LogP contribution in [0.15, 0.2) is 18.2 Å². The molecule has 0 aromatic heterocycles. The molecule has 0 bridgehead atoms. The van der Waals surface area contributed by atoms with E-state index in [1.165, 1.54) is 4.90 Å². The summed E-state index contributed by atoms with van der Waals surface area (Å²) in [6.07, 6.45) is 0.189. The maximum absolute atomic E-state index is 11.8. The molecule has 4 N–H and O–H groups in total. The molecule has 21 heavy (non-hydrogen) atoms. The topological polar surface area (TPSA) is 99.3 Å². The van der Waals surface area contributed by atoms with E-state index < -0.39 is 6.03 Å². The first-order chi connectivity index (χ1) is 9.70. The van der Waals surface area contributed by atoms with E-state index in [0.717, 1.165) is 5.56 Å². The number of urea groups is 1. The fourth-order valence-electron chi connectivity index (χ4n) is 2.17. The van der Waals surface area contributed by atoms with E-state index >= 15 is 0 Å². The molecule has 0 unspecified atom stereocenters. The summed E-state index contributed by atoms with van der Waals surface area (Å²) in [5, 5.41) is 10.4. The number of carbonyl (C=O) groups is 2. The van der Waals surface area contributed by atoms with Gasteiger partial charge in [0.25, 0.3) is 0 Å². The molecule has 1 aliphatic heterocycles. The highest BCUT2D eigenvalue weighted by atomic mass is 16.2. The van der Waals surface area contributed by atoms with Crippen LogP contribution in [-0.4, -0.2) is 29.2 Å². The van der Waals surface area contributed by atoms with Gasteiger partial charge in [-0.3, -0.25) is 20.4 Å². The number of nitrogens with zero attached hydrogens (tertiary/aromatic N) is 1. The number of nitrogens with one attached hydrogen (secondary N) is 2. The third kappa shape index (κ3) is 3.04. The van der Waals surface area contributed by atoms with Gasteiger partial charge < -0.3 is 5.73 Å². The normalized spacial score (nSPS) is 15.9. The zero-order valence-corrected chi connectivity index (χ0v) is 12.5. The van der Waals surface area contributed by atoms with Crippen LogP contribution in [0.4, 0.5) is 10.5 Å². The largest absolute Gasteiger partial charge is 0.398 e. The molecule has 6 nitrogen and oxygen atoms in total. The van der Waals surface area contributed by atoms with Crippen LogP contribution in [0.3, 0.4) is 0 Å². The molecule has 1 saturated heterocycles. The first kappa shape index (κ1) is 15.0. The molecule has 0 saturated carbocycles. The molecule has 1 aromatic carbocycles. The number of amidine groups is 1. The Kier molecular flexibility index (Phi) is 3.72. The highest BCUT2D eigenvalue weighted by Crippen LogP contribution is 2.26. The summed E-state index contributed by atoms with van der Waals surface area (Å²) in [6, 6.07) is 4.92. The Morgan fingerprint density at radius 3 is 2.52 bits per heavy atom. The van der Waals surface area contributed by atoms with Crippen molar-refractivity contribution < 1.29 is 9.59 Å². The average molecular weight is 288 g/mol. The fraction of sp³-hybridized carbons (Fsp3) is 0.400. The lowest BCUT2D eigenvalue weighted by molar-refractivity contribution is -0.121. The lowest BCUT2D eigenvalue weighted by atomic mass is 9.86. The Morgan fingerprint density at radius 1 is 1.33 bits per heavy atom. The molecular formula is C15H20N4O2. The van der Waals surface area contributed by atoms with Gasteiger partial charge in [0.1, 0.15) is 5.84 Å². The van der Waals surface area contributed by atoms with Crippen molar-refractivity contribution in [3.8, 4) is 0 Å². The molecule has 1 fully saturated rings. The molecule has 0 aliphatic carbocycles. The van der Waals surface area contributed by atoms with Crippen molar-refractivity contribution in [3.05, 3.63) is 29.3 Å². The standard InChI is InChI=1S/C15H20N4O2/c1-15(2,3)9-4-5-10(11(16)8-9)13(17)19-7-6-12(20)18-14(19)21/h4-5,8,17H,6-7,16H2,1-3H3,(H,18,20,21). The van der Waals surface area contributed by atoms with Gasteiger partial charge in [-0.05, 0) is 23.1 Å². The number of hydrogen-bond donors (Lipinski definition) is 3. The summed E-state index contributed by atoms with van der Waals surface area (Å²) in [5.41, 5.74) is 8.01. The van der Waals surface area contributed by atoms with Gasteiger partial charge in [0.05, 0.1) is 0 Å². The molecule has 1 aliphatic rings. The summed E-state index contributed by atoms with van der Waals surface area (Å²) in [7, 11) is 0. The SMILES string of the molecule is CC(C)(C)c1ccc(C(=N)N2CCC(=O)NC2=O)c(N)c1. The van der Waals surface area contributed by atoms with Crippen molar-refractivity contribution in [3.63, 3.8) is 0 Å². The molecule has 6 heteroatoms. The molecule has 112 valence electrons. The van der Waals surface area contributed by atoms with Crippen LogP contribution in [0.25, 0.3) is 0 Å². The lowest BCUT2D eigenvalue weighted by Crippen LogP contribution is -2.52. The van der Waals surface area contributed by atoms with E-state index in [-0.39, 0.29) is 30.1 Å². The van der Waals surface area contributed by atoms with Crippen LogP contribution in [0.5, 0.6) is 0 Å². The molecule has 3 amide bonds. The Labute approximate surface area is 123 Å². The lowest BCUT2D eigenvalue weighted by Gasteiger charge is -2.28. The van der Waals surface area contributed by atoms with Gasteiger partial charge in [0, 0.05) is 24.2 Å². The second-order valence-corrected chi connectivity index (χ2v) is 6.16. The minimum Gasteiger partial charge on any atom is -0.398 e. The maximum Gasteiger partial charge on any atom is 0.329 e. The van der Waals surface area contributed by atoms with E-state index in [1.807, 2.05) is 12.1 Å². The van der Waals surface area contributed by atoms with Gasteiger partial charge in [-0.2, -0.15) is 0 Å². The van der Waals surface area contributed by atoms with E-state index in [1.54, 1.807) is 6.07 Å². The van der Waals surface area contributed by atoms with Crippen molar-refractivity contribution >= 4 is 23.5 Å². The Hall–Kier alpha value is -2.37. The Bertz CT molecular complexity index is 617. The van der Waals surface area contributed by atoms with Gasteiger partial charge in [-0.15, -0.1) is 0 Å². The molecule has 1 aromatic rings. The molecule has 0 radical (unpaired) electrons. The maximum atomic E-state index is 11.8.